The Bertz CT molecular complexity index is 1290. The molecule has 2 aliphatic rings. The zero-order valence-electron chi connectivity index (χ0n) is 20.2. The normalized spacial score (nSPS) is 19.1. The van der Waals surface area contributed by atoms with Crippen LogP contribution in [-0.2, 0) is 4.79 Å². The largest absolute Gasteiger partial charge is 0.493 e. The molecule has 0 unspecified atom stereocenters. The maximum Gasteiger partial charge on any atom is 0.252 e. The van der Waals surface area contributed by atoms with E-state index in [1.807, 2.05) is 52.0 Å². The number of ether oxygens (including phenoxy) is 2. The molecule has 3 heterocycles. The molecule has 5 rings (SSSR count). The fraction of sp³-hybridized carbons (Fsp3) is 0.385. The van der Waals surface area contributed by atoms with E-state index in [0.29, 0.717) is 30.5 Å². The van der Waals surface area contributed by atoms with Crippen molar-refractivity contribution in [3.05, 3.63) is 64.2 Å². The summed E-state index contributed by atoms with van der Waals surface area (Å²) in [7, 11) is 1.63. The van der Waals surface area contributed by atoms with Gasteiger partial charge in [0.05, 0.1) is 25.3 Å². The number of hydrogen-bond acceptors (Lipinski definition) is 7. The predicted molar refractivity (Wildman–Crippen MR) is 129 cm³/mol. The lowest BCUT2D eigenvalue weighted by Crippen LogP contribution is -2.35. The summed E-state index contributed by atoms with van der Waals surface area (Å²) in [6.07, 6.45) is 3.38. The zero-order chi connectivity index (χ0) is 24.0. The number of nitrogens with one attached hydrogen (secondary N) is 1. The molecule has 2 aromatic heterocycles. The number of rotatable bonds is 5. The quantitative estimate of drug-likeness (QED) is 0.604. The number of carbonyl (C=O) groups is 1. The molecule has 2 atom stereocenters. The zero-order valence-corrected chi connectivity index (χ0v) is 20.2. The Morgan fingerprint density at radius 1 is 1.09 bits per heavy atom. The molecule has 1 aromatic carbocycles. The maximum atomic E-state index is 13.2. The number of anilines is 1. The number of benzene rings is 1. The van der Waals surface area contributed by atoms with E-state index in [4.69, 9.17) is 14.6 Å². The van der Waals surface area contributed by atoms with Crippen molar-refractivity contribution in [3.8, 4) is 17.4 Å². The number of ketones is 1. The van der Waals surface area contributed by atoms with Gasteiger partial charge in [-0.25, -0.2) is 9.97 Å². The van der Waals surface area contributed by atoms with E-state index < -0.39 is 0 Å². The van der Waals surface area contributed by atoms with Crippen LogP contribution in [0.3, 0.4) is 0 Å². The average molecular weight is 460 g/mol. The van der Waals surface area contributed by atoms with E-state index in [0.717, 1.165) is 46.1 Å². The minimum atomic E-state index is -0.305. The molecule has 1 N–H and O–H groups in total. The Morgan fingerprint density at radius 2 is 1.85 bits per heavy atom. The predicted octanol–water partition coefficient (Wildman–Crippen LogP) is 4.42. The topological polar surface area (TPSA) is 91.2 Å². The fourth-order valence-corrected chi connectivity index (χ4v) is 5.11. The number of aromatic nitrogens is 4. The second-order valence-corrected chi connectivity index (χ2v) is 8.80. The van der Waals surface area contributed by atoms with E-state index in [9.17, 15) is 4.79 Å². The molecule has 0 bridgehead atoms. The third-order valence-electron chi connectivity index (χ3n) is 6.46. The Labute approximate surface area is 199 Å². The lowest BCUT2D eigenvalue weighted by molar-refractivity contribution is -0.122. The molecule has 0 spiro atoms. The van der Waals surface area contributed by atoms with Gasteiger partial charge in [-0.05, 0) is 57.9 Å². The molecule has 3 aromatic rings. The van der Waals surface area contributed by atoms with Crippen LogP contribution in [0.2, 0.25) is 0 Å². The van der Waals surface area contributed by atoms with Crippen molar-refractivity contribution in [2.45, 2.75) is 46.5 Å². The van der Waals surface area contributed by atoms with Crippen LogP contribution in [0, 0.1) is 26.7 Å². The molecule has 8 nitrogen and oxygen atoms in total. The van der Waals surface area contributed by atoms with Crippen LogP contribution in [0.15, 0.2) is 36.0 Å². The van der Waals surface area contributed by atoms with Crippen LogP contribution in [0.1, 0.15) is 53.9 Å². The van der Waals surface area contributed by atoms with E-state index in [2.05, 4.69) is 21.4 Å². The Morgan fingerprint density at radius 3 is 2.56 bits per heavy atom. The second-order valence-electron chi connectivity index (χ2n) is 8.80. The highest BCUT2D eigenvalue weighted by molar-refractivity contribution is 5.89. The summed E-state index contributed by atoms with van der Waals surface area (Å²) in [6, 6.07) is 7.86. The summed E-state index contributed by atoms with van der Waals surface area (Å²) >= 11 is 0. The van der Waals surface area contributed by atoms with Gasteiger partial charge in [-0.15, -0.1) is 0 Å². The van der Waals surface area contributed by atoms with E-state index >= 15 is 0 Å². The number of Topliss-reactive ketones (excluding diaryl/α,β-unsaturated/α-hetero) is 1. The molecule has 1 aliphatic heterocycles. The molecular weight excluding hydrogens is 430 g/mol. The number of methoxy groups -OCH3 is 1. The van der Waals surface area contributed by atoms with Gasteiger partial charge in [-0.3, -0.25) is 4.79 Å². The first-order valence-electron chi connectivity index (χ1n) is 11.6. The average Bonchev–Trinajstić information content (AvgIpc) is 3.14. The molecular formula is C26H29N5O3. The smallest absolute Gasteiger partial charge is 0.252 e. The molecule has 0 radical (unpaired) electrons. The highest BCUT2D eigenvalue weighted by Gasteiger charge is 2.43. The molecule has 1 aliphatic carbocycles. The fourth-order valence-electron chi connectivity index (χ4n) is 5.11. The standard InChI is InChI=1S/C26H29N5O3/c1-6-34-20-11-10-17(13-21(20)33-5)23-22-16(4)30-31(26-27-14(2)12-15(3)28-26)25(22)29-18-8-7-9-19(32)24(18)23/h8,10-13,23-24,29H,6-7,9H2,1-5H3/t23-,24+/m1/s1. The highest BCUT2D eigenvalue weighted by atomic mass is 16.5. The van der Waals surface area contributed by atoms with E-state index in [1.165, 1.54) is 0 Å². The van der Waals surface area contributed by atoms with Gasteiger partial charge in [0.2, 0.25) is 0 Å². The summed E-state index contributed by atoms with van der Waals surface area (Å²) in [5.74, 6) is 2.36. The van der Waals surface area contributed by atoms with Crippen molar-refractivity contribution in [2.24, 2.45) is 5.92 Å². The number of carbonyl (C=O) groups excluding carboxylic acids is 1. The lowest BCUT2D eigenvalue weighted by atomic mass is 9.71. The molecule has 176 valence electrons. The van der Waals surface area contributed by atoms with E-state index in [1.54, 1.807) is 11.8 Å². The molecule has 0 fully saturated rings. The summed E-state index contributed by atoms with van der Waals surface area (Å²) < 4.78 is 13.1. The lowest BCUT2D eigenvalue weighted by Gasteiger charge is -2.36. The SMILES string of the molecule is CCOc1ccc([C@@H]2c3c(C)nn(-c4nc(C)cc(C)n4)c3NC3=CCCC(=O)[C@H]32)cc1OC. The van der Waals surface area contributed by atoms with Crippen molar-refractivity contribution in [1.82, 2.24) is 19.7 Å². The molecule has 8 heteroatoms. The van der Waals surface area contributed by atoms with Gasteiger partial charge in [-0.1, -0.05) is 12.1 Å². The van der Waals surface area contributed by atoms with Crippen LogP contribution >= 0.6 is 0 Å². The van der Waals surface area contributed by atoms with E-state index in [-0.39, 0.29) is 17.6 Å². The molecule has 0 saturated heterocycles. The third-order valence-corrected chi connectivity index (χ3v) is 6.46. The van der Waals surface area contributed by atoms with Crippen LogP contribution in [0.5, 0.6) is 11.5 Å². The minimum Gasteiger partial charge on any atom is -0.493 e. The van der Waals surface area contributed by atoms with Gasteiger partial charge in [-0.2, -0.15) is 9.78 Å². The number of hydrogen-bond donors (Lipinski definition) is 1. The maximum absolute atomic E-state index is 13.2. The third kappa shape index (κ3) is 3.63. The van der Waals surface area contributed by atoms with Gasteiger partial charge in [0.25, 0.3) is 5.95 Å². The summed E-state index contributed by atoms with van der Waals surface area (Å²) in [6.45, 7) is 8.35. The summed E-state index contributed by atoms with van der Waals surface area (Å²) in [5, 5.41) is 8.35. The first kappa shape index (κ1) is 22.1. The minimum absolute atomic E-state index is 0.209. The summed E-state index contributed by atoms with van der Waals surface area (Å²) in [4.78, 5) is 22.5. The van der Waals surface area contributed by atoms with Crippen molar-refractivity contribution in [3.63, 3.8) is 0 Å². The van der Waals surface area contributed by atoms with Gasteiger partial charge < -0.3 is 14.8 Å². The Kier molecular flexibility index (Phi) is 5.59. The number of nitrogens with zero attached hydrogens (tertiary/aromatic N) is 4. The van der Waals surface area contributed by atoms with Crippen LogP contribution < -0.4 is 14.8 Å². The highest BCUT2D eigenvalue weighted by Crippen LogP contribution is 2.49. The van der Waals surface area contributed by atoms with Gasteiger partial charge in [0.15, 0.2) is 11.5 Å². The number of aryl methyl sites for hydroxylation is 3. The molecule has 0 amide bonds. The van der Waals surface area contributed by atoms with Crippen molar-refractivity contribution in [2.75, 3.05) is 19.0 Å². The first-order valence-corrected chi connectivity index (χ1v) is 11.6. The van der Waals surface area contributed by atoms with Gasteiger partial charge >= 0.3 is 0 Å². The van der Waals surface area contributed by atoms with Crippen LogP contribution in [0.25, 0.3) is 5.95 Å². The van der Waals surface area contributed by atoms with Crippen molar-refractivity contribution < 1.29 is 14.3 Å². The second kappa shape index (κ2) is 8.59. The summed E-state index contributed by atoms with van der Waals surface area (Å²) in [5.41, 5.74) is 5.45. The first-order chi connectivity index (χ1) is 16.4. The molecule has 0 saturated carbocycles. The Hall–Kier alpha value is -3.68. The number of fused-ring (bicyclic) bond motifs is 2. The monoisotopic (exact) mass is 459 g/mol. The Balaban J connectivity index is 1.72. The molecule has 34 heavy (non-hydrogen) atoms. The van der Waals surface area contributed by atoms with Crippen LogP contribution in [0.4, 0.5) is 5.82 Å². The number of allylic oxidation sites excluding steroid dienone is 2. The van der Waals surface area contributed by atoms with Crippen molar-refractivity contribution >= 4 is 11.6 Å². The van der Waals surface area contributed by atoms with Gasteiger partial charge in [0, 0.05) is 35.0 Å². The van der Waals surface area contributed by atoms with Gasteiger partial charge in [0.1, 0.15) is 11.6 Å². The van der Waals surface area contributed by atoms with Crippen molar-refractivity contribution in [1.29, 1.82) is 0 Å². The van der Waals surface area contributed by atoms with Crippen LogP contribution in [-0.4, -0.2) is 39.2 Å².